The maximum atomic E-state index is 12.2. The van der Waals surface area contributed by atoms with E-state index in [4.69, 9.17) is 5.73 Å². The van der Waals surface area contributed by atoms with Crippen molar-refractivity contribution in [3.63, 3.8) is 0 Å². The molecule has 0 radical (unpaired) electrons. The number of sulfonamides is 1. The van der Waals surface area contributed by atoms with Crippen LogP contribution in [0.1, 0.15) is 32.3 Å². The van der Waals surface area contributed by atoms with Crippen LogP contribution in [0.5, 0.6) is 0 Å². The molecule has 1 aromatic rings. The van der Waals surface area contributed by atoms with Gasteiger partial charge in [0.2, 0.25) is 10.0 Å². The van der Waals surface area contributed by atoms with E-state index in [1.807, 2.05) is 6.92 Å². The summed E-state index contributed by atoms with van der Waals surface area (Å²) >= 11 is 0. The quantitative estimate of drug-likeness (QED) is 0.689. The zero-order valence-corrected chi connectivity index (χ0v) is 12.4. The molecule has 0 amide bonds. The molecule has 6 heteroatoms. The van der Waals surface area contributed by atoms with Crippen molar-refractivity contribution in [2.45, 2.75) is 44.1 Å². The highest BCUT2D eigenvalue weighted by Crippen LogP contribution is 2.21. The van der Waals surface area contributed by atoms with E-state index in [-0.39, 0.29) is 11.4 Å². The summed E-state index contributed by atoms with van der Waals surface area (Å²) in [6, 6.07) is 4.76. The third kappa shape index (κ3) is 4.19. The summed E-state index contributed by atoms with van der Waals surface area (Å²) in [7, 11) is -3.65. The topological polar surface area (TPSA) is 92.4 Å². The summed E-state index contributed by atoms with van der Waals surface area (Å²) in [6.07, 6.45) is 1.32. The van der Waals surface area contributed by atoms with Crippen molar-refractivity contribution in [1.82, 2.24) is 4.72 Å². The Morgan fingerprint density at radius 2 is 2.05 bits per heavy atom. The predicted octanol–water partition coefficient (Wildman–Crippen LogP) is 1.41. The first kappa shape index (κ1) is 15.9. The van der Waals surface area contributed by atoms with Gasteiger partial charge in [-0.2, -0.15) is 0 Å². The minimum absolute atomic E-state index is 0.0165. The summed E-state index contributed by atoms with van der Waals surface area (Å²) in [5.41, 5.74) is 5.61. The van der Waals surface area contributed by atoms with Crippen LogP contribution in [0.4, 0.5) is 5.69 Å². The molecule has 1 aromatic carbocycles. The van der Waals surface area contributed by atoms with Crippen molar-refractivity contribution in [1.29, 1.82) is 0 Å². The van der Waals surface area contributed by atoms with Crippen molar-refractivity contribution in [3.8, 4) is 0 Å². The zero-order valence-electron chi connectivity index (χ0n) is 11.6. The summed E-state index contributed by atoms with van der Waals surface area (Å²) in [5.74, 6) is 0. The molecule has 19 heavy (non-hydrogen) atoms. The molecule has 0 heterocycles. The van der Waals surface area contributed by atoms with Crippen molar-refractivity contribution in [3.05, 3.63) is 23.8 Å². The molecule has 0 aromatic heterocycles. The lowest BCUT2D eigenvalue weighted by atomic mass is 10.0. The van der Waals surface area contributed by atoms with Gasteiger partial charge in [0.1, 0.15) is 0 Å². The lowest BCUT2D eigenvalue weighted by molar-refractivity contribution is 0.0554. The van der Waals surface area contributed by atoms with Gasteiger partial charge in [0.15, 0.2) is 0 Å². The molecule has 0 spiro atoms. The van der Waals surface area contributed by atoms with Gasteiger partial charge in [0.25, 0.3) is 0 Å². The van der Waals surface area contributed by atoms with Gasteiger partial charge in [0.05, 0.1) is 10.5 Å². The molecule has 1 unspecified atom stereocenters. The molecule has 1 atom stereocenters. The molecule has 0 saturated heterocycles. The first-order valence-electron chi connectivity index (χ1n) is 6.27. The number of hydrogen-bond acceptors (Lipinski definition) is 4. The van der Waals surface area contributed by atoms with Crippen LogP contribution in [0, 0.1) is 6.92 Å². The highest BCUT2D eigenvalue weighted by atomic mass is 32.2. The van der Waals surface area contributed by atoms with Gasteiger partial charge < -0.3 is 10.8 Å². The Morgan fingerprint density at radius 1 is 1.42 bits per heavy atom. The lowest BCUT2D eigenvalue weighted by Crippen LogP contribution is -2.40. The first-order chi connectivity index (χ1) is 8.69. The largest absolute Gasteiger partial charge is 0.398 e. The van der Waals surface area contributed by atoms with Crippen LogP contribution in [-0.4, -0.2) is 25.7 Å². The van der Waals surface area contributed by atoms with Crippen LogP contribution < -0.4 is 10.5 Å². The van der Waals surface area contributed by atoms with E-state index in [0.29, 0.717) is 17.7 Å². The van der Waals surface area contributed by atoms with Gasteiger partial charge in [-0.15, -0.1) is 0 Å². The smallest absolute Gasteiger partial charge is 0.241 e. The molecule has 4 N–H and O–H groups in total. The summed E-state index contributed by atoms with van der Waals surface area (Å²) in [5, 5.41) is 10.00. The molecule has 5 nitrogen and oxygen atoms in total. The number of benzene rings is 1. The minimum Gasteiger partial charge on any atom is -0.398 e. The van der Waals surface area contributed by atoms with Crippen LogP contribution >= 0.6 is 0 Å². The molecular formula is C13H22N2O3S. The molecule has 0 aliphatic rings. The Hall–Kier alpha value is -1.11. The SMILES string of the molecule is CCCC(C)(O)CNS(=O)(=O)c1cccc(N)c1C. The molecule has 0 saturated carbocycles. The second-order valence-electron chi connectivity index (χ2n) is 5.04. The van der Waals surface area contributed by atoms with Crippen molar-refractivity contribution in [2.24, 2.45) is 0 Å². The Kier molecular flexibility index (Phi) is 4.95. The first-order valence-corrected chi connectivity index (χ1v) is 7.75. The highest BCUT2D eigenvalue weighted by Gasteiger charge is 2.24. The van der Waals surface area contributed by atoms with Crippen LogP contribution in [0.15, 0.2) is 23.1 Å². The number of nitrogens with two attached hydrogens (primary N) is 1. The van der Waals surface area contributed by atoms with E-state index >= 15 is 0 Å². The van der Waals surface area contributed by atoms with Gasteiger partial charge >= 0.3 is 0 Å². The fourth-order valence-corrected chi connectivity index (χ4v) is 3.31. The predicted molar refractivity (Wildman–Crippen MR) is 76.3 cm³/mol. The number of anilines is 1. The van der Waals surface area contributed by atoms with E-state index < -0.39 is 15.6 Å². The maximum Gasteiger partial charge on any atom is 0.241 e. The number of nitrogens with one attached hydrogen (secondary N) is 1. The van der Waals surface area contributed by atoms with Crippen molar-refractivity contribution >= 4 is 15.7 Å². The Labute approximate surface area is 114 Å². The second-order valence-corrected chi connectivity index (χ2v) is 6.78. The van der Waals surface area contributed by atoms with Crippen LogP contribution in [-0.2, 0) is 10.0 Å². The highest BCUT2D eigenvalue weighted by molar-refractivity contribution is 7.89. The lowest BCUT2D eigenvalue weighted by Gasteiger charge is -2.23. The molecule has 1 rings (SSSR count). The Balaban J connectivity index is 2.91. The summed E-state index contributed by atoms with van der Waals surface area (Å²) in [6.45, 7) is 5.20. The molecular weight excluding hydrogens is 264 g/mol. The van der Waals surface area contributed by atoms with E-state index in [9.17, 15) is 13.5 Å². The molecule has 0 fully saturated rings. The Bertz CT molecular complexity index is 539. The van der Waals surface area contributed by atoms with Crippen molar-refractivity contribution < 1.29 is 13.5 Å². The number of rotatable bonds is 6. The normalized spacial score (nSPS) is 15.2. The third-order valence-corrected chi connectivity index (χ3v) is 4.59. The van der Waals surface area contributed by atoms with Gasteiger partial charge in [-0.3, -0.25) is 0 Å². The summed E-state index contributed by atoms with van der Waals surface area (Å²) < 4.78 is 26.8. The minimum atomic E-state index is -3.65. The second kappa shape index (κ2) is 5.90. The standard InChI is InChI=1S/C13H22N2O3S/c1-4-8-13(3,16)9-15-19(17,18)12-7-5-6-11(14)10(12)2/h5-7,15-16H,4,8-9,14H2,1-3H3. The number of aliphatic hydroxyl groups is 1. The van der Waals surface area contributed by atoms with Gasteiger partial charge in [-0.05, 0) is 38.0 Å². The monoisotopic (exact) mass is 286 g/mol. The number of nitrogen functional groups attached to an aromatic ring is 1. The summed E-state index contributed by atoms with van der Waals surface area (Å²) in [4.78, 5) is 0.153. The third-order valence-electron chi connectivity index (χ3n) is 3.05. The van der Waals surface area contributed by atoms with Crippen molar-refractivity contribution in [2.75, 3.05) is 12.3 Å². The average Bonchev–Trinajstić information content (AvgIpc) is 2.30. The van der Waals surface area contributed by atoms with Crippen LogP contribution in [0.25, 0.3) is 0 Å². The zero-order chi connectivity index (χ0) is 14.7. The fourth-order valence-electron chi connectivity index (χ4n) is 1.88. The molecule has 0 aliphatic carbocycles. The van der Waals surface area contributed by atoms with E-state index in [2.05, 4.69) is 4.72 Å². The van der Waals surface area contributed by atoms with Crippen LogP contribution in [0.3, 0.4) is 0 Å². The van der Waals surface area contributed by atoms with Crippen LogP contribution in [0.2, 0.25) is 0 Å². The molecule has 0 aliphatic heterocycles. The molecule has 0 bridgehead atoms. The van der Waals surface area contributed by atoms with Gasteiger partial charge in [-0.1, -0.05) is 19.4 Å². The average molecular weight is 286 g/mol. The van der Waals surface area contributed by atoms with Gasteiger partial charge in [0, 0.05) is 12.2 Å². The van der Waals surface area contributed by atoms with E-state index in [1.54, 1.807) is 26.0 Å². The molecule has 108 valence electrons. The van der Waals surface area contributed by atoms with E-state index in [1.165, 1.54) is 6.07 Å². The van der Waals surface area contributed by atoms with Gasteiger partial charge in [-0.25, -0.2) is 13.1 Å². The van der Waals surface area contributed by atoms with E-state index in [0.717, 1.165) is 6.42 Å². The Morgan fingerprint density at radius 3 is 2.63 bits per heavy atom. The maximum absolute atomic E-state index is 12.2. The fraction of sp³-hybridized carbons (Fsp3) is 0.538. The number of hydrogen-bond donors (Lipinski definition) is 3.